The standard InChI is InChI=1S/C12H15FN2O/c1-9(4-5-16)15-8-11-6-10(7-14)2-3-12(11)13/h2-3,6,9,15-16H,4-5,8H2,1H3. The van der Waals surface area contributed by atoms with Crippen LogP contribution in [0.25, 0.3) is 0 Å². The van der Waals surface area contributed by atoms with Crippen LogP contribution in [-0.4, -0.2) is 17.8 Å². The van der Waals surface area contributed by atoms with Crippen LogP contribution in [0.4, 0.5) is 4.39 Å². The topological polar surface area (TPSA) is 56.0 Å². The van der Waals surface area contributed by atoms with E-state index in [4.69, 9.17) is 10.4 Å². The van der Waals surface area contributed by atoms with Crippen molar-refractivity contribution in [3.8, 4) is 6.07 Å². The first-order chi connectivity index (χ1) is 7.67. The van der Waals surface area contributed by atoms with Crippen molar-refractivity contribution < 1.29 is 9.50 Å². The Kier molecular flexibility index (Phi) is 4.90. The monoisotopic (exact) mass is 222 g/mol. The zero-order valence-corrected chi connectivity index (χ0v) is 9.20. The number of nitrogens with zero attached hydrogens (tertiary/aromatic N) is 1. The minimum atomic E-state index is -0.317. The van der Waals surface area contributed by atoms with Gasteiger partial charge in [-0.15, -0.1) is 0 Å². The molecule has 0 aromatic heterocycles. The number of rotatable bonds is 5. The van der Waals surface area contributed by atoms with Crippen LogP contribution in [0, 0.1) is 17.1 Å². The minimum absolute atomic E-state index is 0.106. The molecule has 1 atom stereocenters. The summed E-state index contributed by atoms with van der Waals surface area (Å²) in [4.78, 5) is 0. The van der Waals surface area contributed by atoms with Gasteiger partial charge in [0.1, 0.15) is 5.82 Å². The Morgan fingerprint density at radius 3 is 2.94 bits per heavy atom. The summed E-state index contributed by atoms with van der Waals surface area (Å²) >= 11 is 0. The van der Waals surface area contributed by atoms with Crippen LogP contribution >= 0.6 is 0 Å². The highest BCUT2D eigenvalue weighted by atomic mass is 19.1. The summed E-state index contributed by atoms with van der Waals surface area (Å²) in [6.45, 7) is 2.39. The van der Waals surface area contributed by atoms with Crippen molar-refractivity contribution in [2.75, 3.05) is 6.61 Å². The Balaban J connectivity index is 2.63. The molecule has 0 saturated carbocycles. The second-order valence-electron chi connectivity index (χ2n) is 3.71. The summed E-state index contributed by atoms with van der Waals surface area (Å²) in [5.41, 5.74) is 0.928. The number of halogens is 1. The maximum absolute atomic E-state index is 13.3. The number of hydrogen-bond acceptors (Lipinski definition) is 3. The molecule has 0 amide bonds. The first kappa shape index (κ1) is 12.6. The lowest BCUT2D eigenvalue weighted by Crippen LogP contribution is -2.26. The van der Waals surface area contributed by atoms with Crippen LogP contribution in [0.3, 0.4) is 0 Å². The van der Waals surface area contributed by atoms with E-state index < -0.39 is 0 Å². The molecule has 0 heterocycles. The van der Waals surface area contributed by atoms with E-state index in [0.29, 0.717) is 24.1 Å². The Bertz CT molecular complexity index is 387. The van der Waals surface area contributed by atoms with Crippen molar-refractivity contribution in [1.29, 1.82) is 5.26 Å². The summed E-state index contributed by atoms with van der Waals surface area (Å²) in [5.74, 6) is -0.317. The molecule has 0 aliphatic carbocycles. The maximum atomic E-state index is 13.3. The summed E-state index contributed by atoms with van der Waals surface area (Å²) < 4.78 is 13.3. The van der Waals surface area contributed by atoms with Gasteiger partial charge < -0.3 is 10.4 Å². The molecule has 0 bridgehead atoms. The van der Waals surface area contributed by atoms with E-state index in [2.05, 4.69) is 5.32 Å². The van der Waals surface area contributed by atoms with Crippen molar-refractivity contribution in [2.45, 2.75) is 25.9 Å². The number of nitrogens with one attached hydrogen (secondary N) is 1. The highest BCUT2D eigenvalue weighted by Crippen LogP contribution is 2.10. The van der Waals surface area contributed by atoms with E-state index >= 15 is 0 Å². The Morgan fingerprint density at radius 2 is 2.31 bits per heavy atom. The van der Waals surface area contributed by atoms with Gasteiger partial charge in [-0.05, 0) is 31.5 Å². The molecular formula is C12H15FN2O. The van der Waals surface area contributed by atoms with Gasteiger partial charge in [-0.3, -0.25) is 0 Å². The molecule has 1 unspecified atom stereocenters. The third kappa shape index (κ3) is 3.61. The van der Waals surface area contributed by atoms with E-state index in [1.807, 2.05) is 13.0 Å². The number of aliphatic hydroxyl groups is 1. The third-order valence-electron chi connectivity index (χ3n) is 2.38. The summed E-state index contributed by atoms with van der Waals surface area (Å²) in [7, 11) is 0. The van der Waals surface area contributed by atoms with Gasteiger partial charge in [0.15, 0.2) is 0 Å². The van der Waals surface area contributed by atoms with Gasteiger partial charge in [-0.2, -0.15) is 5.26 Å². The molecule has 0 spiro atoms. The molecule has 0 fully saturated rings. The molecule has 3 nitrogen and oxygen atoms in total. The van der Waals surface area contributed by atoms with Crippen LogP contribution in [0.1, 0.15) is 24.5 Å². The molecule has 16 heavy (non-hydrogen) atoms. The van der Waals surface area contributed by atoms with Crippen LogP contribution in [0.5, 0.6) is 0 Å². The molecule has 0 aliphatic heterocycles. The van der Waals surface area contributed by atoms with Crippen molar-refractivity contribution >= 4 is 0 Å². The highest BCUT2D eigenvalue weighted by molar-refractivity contribution is 5.33. The zero-order valence-electron chi connectivity index (χ0n) is 9.20. The zero-order chi connectivity index (χ0) is 12.0. The predicted octanol–water partition coefficient (Wildman–Crippen LogP) is 1.56. The number of benzene rings is 1. The SMILES string of the molecule is CC(CCO)NCc1cc(C#N)ccc1F. The van der Waals surface area contributed by atoms with Crippen LogP contribution in [0.2, 0.25) is 0 Å². The van der Waals surface area contributed by atoms with Crippen molar-refractivity contribution in [2.24, 2.45) is 0 Å². The molecule has 1 aromatic rings. The molecule has 1 rings (SSSR count). The molecule has 0 aliphatic rings. The lowest BCUT2D eigenvalue weighted by molar-refractivity contribution is 0.268. The van der Waals surface area contributed by atoms with Gasteiger partial charge in [0.25, 0.3) is 0 Å². The van der Waals surface area contributed by atoms with E-state index in [0.717, 1.165) is 0 Å². The average Bonchev–Trinajstić information content (AvgIpc) is 2.28. The number of aliphatic hydroxyl groups excluding tert-OH is 1. The lowest BCUT2D eigenvalue weighted by atomic mass is 10.1. The number of nitriles is 1. The molecule has 4 heteroatoms. The van der Waals surface area contributed by atoms with Crippen molar-refractivity contribution in [3.05, 3.63) is 35.1 Å². The largest absolute Gasteiger partial charge is 0.396 e. The molecule has 0 radical (unpaired) electrons. The third-order valence-corrected chi connectivity index (χ3v) is 2.38. The van der Waals surface area contributed by atoms with Crippen molar-refractivity contribution in [1.82, 2.24) is 5.32 Å². The molecular weight excluding hydrogens is 207 g/mol. The van der Waals surface area contributed by atoms with Gasteiger partial charge in [0.05, 0.1) is 11.6 Å². The summed E-state index contributed by atoms with van der Waals surface area (Å²) in [6, 6.07) is 6.38. The second-order valence-corrected chi connectivity index (χ2v) is 3.71. The van der Waals surface area contributed by atoms with Crippen molar-refractivity contribution in [3.63, 3.8) is 0 Å². The molecule has 86 valence electrons. The molecule has 1 aromatic carbocycles. The smallest absolute Gasteiger partial charge is 0.127 e. The normalized spacial score (nSPS) is 12.1. The van der Waals surface area contributed by atoms with E-state index in [1.54, 1.807) is 0 Å². The van der Waals surface area contributed by atoms with Crippen LogP contribution in [0.15, 0.2) is 18.2 Å². The minimum Gasteiger partial charge on any atom is -0.396 e. The molecule has 2 N–H and O–H groups in total. The fourth-order valence-corrected chi connectivity index (χ4v) is 1.36. The van der Waals surface area contributed by atoms with Gasteiger partial charge in [0, 0.05) is 24.8 Å². The maximum Gasteiger partial charge on any atom is 0.127 e. The quantitative estimate of drug-likeness (QED) is 0.794. The average molecular weight is 222 g/mol. The number of hydrogen-bond donors (Lipinski definition) is 2. The van der Waals surface area contributed by atoms with Gasteiger partial charge in [0.2, 0.25) is 0 Å². The van der Waals surface area contributed by atoms with Crippen LogP contribution in [-0.2, 0) is 6.54 Å². The fourth-order valence-electron chi connectivity index (χ4n) is 1.36. The fraction of sp³-hybridized carbons (Fsp3) is 0.417. The Morgan fingerprint density at radius 1 is 1.56 bits per heavy atom. The second kappa shape index (κ2) is 6.21. The van der Waals surface area contributed by atoms with Gasteiger partial charge >= 0.3 is 0 Å². The summed E-state index contributed by atoms with van der Waals surface area (Å²) in [5, 5.41) is 20.5. The molecule has 0 saturated heterocycles. The van der Waals surface area contributed by atoms with Gasteiger partial charge in [-0.1, -0.05) is 0 Å². The van der Waals surface area contributed by atoms with E-state index in [1.165, 1.54) is 18.2 Å². The first-order valence-corrected chi connectivity index (χ1v) is 5.20. The summed E-state index contributed by atoms with van der Waals surface area (Å²) in [6.07, 6.45) is 0.625. The Labute approximate surface area is 94.5 Å². The van der Waals surface area contributed by atoms with E-state index in [-0.39, 0.29) is 18.5 Å². The Hall–Kier alpha value is -1.44. The highest BCUT2D eigenvalue weighted by Gasteiger charge is 2.05. The van der Waals surface area contributed by atoms with Gasteiger partial charge in [-0.25, -0.2) is 4.39 Å². The van der Waals surface area contributed by atoms with E-state index in [9.17, 15) is 4.39 Å². The first-order valence-electron chi connectivity index (χ1n) is 5.20. The lowest BCUT2D eigenvalue weighted by Gasteiger charge is -2.12. The predicted molar refractivity (Wildman–Crippen MR) is 59.1 cm³/mol. The van der Waals surface area contributed by atoms with Crippen LogP contribution < -0.4 is 5.32 Å².